The maximum Gasteiger partial charge on any atom is 0.405 e. The van der Waals surface area contributed by atoms with Crippen molar-refractivity contribution >= 4 is 0 Å². The van der Waals surface area contributed by atoms with Crippen LogP contribution < -0.4 is 5.32 Å². The third-order valence-corrected chi connectivity index (χ3v) is 3.25. The van der Waals surface area contributed by atoms with E-state index in [0.29, 0.717) is 5.92 Å². The first-order valence-corrected chi connectivity index (χ1v) is 5.65. The highest BCUT2D eigenvalue weighted by Crippen LogP contribution is 2.27. The van der Waals surface area contributed by atoms with Crippen molar-refractivity contribution in [2.45, 2.75) is 44.8 Å². The second kappa shape index (κ2) is 5.53. The summed E-state index contributed by atoms with van der Waals surface area (Å²) in [6.45, 7) is 1.76. The number of rotatable bonds is 3. The molecule has 0 aromatic heterocycles. The van der Waals surface area contributed by atoms with Crippen LogP contribution in [0.3, 0.4) is 0 Å². The van der Waals surface area contributed by atoms with Crippen molar-refractivity contribution in [3.63, 3.8) is 0 Å². The standard InChI is InChI=1S/C11H17F3N2/c1-8-4-2-3-5-10(8)16-7-9(6-15)11(12,13)14/h8-10,16H,2-5,7H2,1H3. The molecule has 0 spiro atoms. The molecule has 0 aromatic rings. The van der Waals surface area contributed by atoms with Gasteiger partial charge in [0.2, 0.25) is 0 Å². The second-order valence-corrected chi connectivity index (χ2v) is 4.50. The van der Waals surface area contributed by atoms with Gasteiger partial charge in [0.05, 0.1) is 6.07 Å². The Labute approximate surface area is 93.8 Å². The lowest BCUT2D eigenvalue weighted by molar-refractivity contribution is -0.158. The van der Waals surface area contributed by atoms with Gasteiger partial charge in [-0.2, -0.15) is 18.4 Å². The SMILES string of the molecule is CC1CCCCC1NCC(C#N)C(F)(F)F. The highest BCUT2D eigenvalue weighted by atomic mass is 19.4. The van der Waals surface area contributed by atoms with E-state index in [0.717, 1.165) is 25.7 Å². The smallest absolute Gasteiger partial charge is 0.312 e. The highest BCUT2D eigenvalue weighted by Gasteiger charge is 2.40. The average Bonchev–Trinajstić information content (AvgIpc) is 2.19. The van der Waals surface area contributed by atoms with Gasteiger partial charge < -0.3 is 5.32 Å². The summed E-state index contributed by atoms with van der Waals surface area (Å²) in [5.41, 5.74) is 0. The van der Waals surface area contributed by atoms with Gasteiger partial charge in [0.15, 0.2) is 5.92 Å². The molecule has 0 saturated heterocycles. The Bertz CT molecular complexity index is 257. The minimum atomic E-state index is -4.42. The van der Waals surface area contributed by atoms with Crippen LogP contribution in [0.15, 0.2) is 0 Å². The Balaban J connectivity index is 2.40. The van der Waals surface area contributed by atoms with Crippen LogP contribution in [0.5, 0.6) is 0 Å². The van der Waals surface area contributed by atoms with Crippen LogP contribution >= 0.6 is 0 Å². The highest BCUT2D eigenvalue weighted by molar-refractivity contribution is 4.91. The quantitative estimate of drug-likeness (QED) is 0.815. The zero-order valence-electron chi connectivity index (χ0n) is 9.35. The van der Waals surface area contributed by atoms with Crippen molar-refractivity contribution in [2.24, 2.45) is 11.8 Å². The zero-order chi connectivity index (χ0) is 12.2. The van der Waals surface area contributed by atoms with Gasteiger partial charge in [0.25, 0.3) is 0 Å². The monoisotopic (exact) mass is 234 g/mol. The number of alkyl halides is 3. The molecule has 92 valence electrons. The van der Waals surface area contributed by atoms with Crippen LogP contribution in [0.2, 0.25) is 0 Å². The Morgan fingerprint density at radius 2 is 2.00 bits per heavy atom. The molecular weight excluding hydrogens is 217 g/mol. The maximum absolute atomic E-state index is 12.3. The molecule has 0 aromatic carbocycles. The predicted octanol–water partition coefficient (Wildman–Crippen LogP) is 2.86. The third kappa shape index (κ3) is 3.67. The molecule has 0 aliphatic heterocycles. The third-order valence-electron chi connectivity index (χ3n) is 3.25. The molecule has 16 heavy (non-hydrogen) atoms. The van der Waals surface area contributed by atoms with Crippen LogP contribution in [0.1, 0.15) is 32.6 Å². The second-order valence-electron chi connectivity index (χ2n) is 4.50. The van der Waals surface area contributed by atoms with E-state index in [1.165, 1.54) is 6.07 Å². The molecule has 0 amide bonds. The number of hydrogen-bond donors (Lipinski definition) is 1. The predicted molar refractivity (Wildman–Crippen MR) is 54.6 cm³/mol. The van der Waals surface area contributed by atoms with Gasteiger partial charge in [-0.05, 0) is 18.8 Å². The fourth-order valence-electron chi connectivity index (χ4n) is 2.12. The van der Waals surface area contributed by atoms with E-state index in [1.807, 2.05) is 6.92 Å². The fraction of sp³-hybridized carbons (Fsp3) is 0.909. The lowest BCUT2D eigenvalue weighted by Gasteiger charge is -2.30. The van der Waals surface area contributed by atoms with E-state index in [1.54, 1.807) is 0 Å². The molecule has 1 saturated carbocycles. The van der Waals surface area contributed by atoms with Gasteiger partial charge in [-0.15, -0.1) is 0 Å². The Kier molecular flexibility index (Phi) is 4.60. The van der Waals surface area contributed by atoms with Crippen molar-refractivity contribution in [1.29, 1.82) is 5.26 Å². The summed E-state index contributed by atoms with van der Waals surface area (Å²) < 4.78 is 36.9. The molecular formula is C11H17F3N2. The molecule has 0 radical (unpaired) electrons. The van der Waals surface area contributed by atoms with Gasteiger partial charge >= 0.3 is 6.18 Å². The molecule has 5 heteroatoms. The summed E-state index contributed by atoms with van der Waals surface area (Å²) in [5.74, 6) is -1.48. The van der Waals surface area contributed by atoms with Crippen LogP contribution in [-0.2, 0) is 0 Å². The minimum Gasteiger partial charge on any atom is -0.312 e. The van der Waals surface area contributed by atoms with Crippen LogP contribution in [0.4, 0.5) is 13.2 Å². The number of nitrogens with zero attached hydrogens (tertiary/aromatic N) is 1. The first-order valence-electron chi connectivity index (χ1n) is 5.65. The molecule has 1 rings (SSSR count). The summed E-state index contributed by atoms with van der Waals surface area (Å²) in [6, 6.07) is 1.44. The van der Waals surface area contributed by atoms with Crippen molar-refractivity contribution in [2.75, 3.05) is 6.54 Å². The molecule has 0 heterocycles. The van der Waals surface area contributed by atoms with Gasteiger partial charge in [-0.25, -0.2) is 0 Å². The lowest BCUT2D eigenvalue weighted by Crippen LogP contribution is -2.42. The topological polar surface area (TPSA) is 35.8 Å². The van der Waals surface area contributed by atoms with Crippen LogP contribution in [0.25, 0.3) is 0 Å². The molecule has 2 nitrogen and oxygen atoms in total. The summed E-state index contributed by atoms with van der Waals surface area (Å²) in [5, 5.41) is 11.3. The lowest BCUT2D eigenvalue weighted by atomic mass is 9.86. The molecule has 3 unspecified atom stereocenters. The largest absolute Gasteiger partial charge is 0.405 e. The van der Waals surface area contributed by atoms with E-state index in [2.05, 4.69) is 5.32 Å². The fourth-order valence-corrected chi connectivity index (χ4v) is 2.12. The van der Waals surface area contributed by atoms with Gasteiger partial charge in [0.1, 0.15) is 0 Å². The van der Waals surface area contributed by atoms with Crippen molar-refractivity contribution in [3.8, 4) is 6.07 Å². The van der Waals surface area contributed by atoms with Crippen molar-refractivity contribution < 1.29 is 13.2 Å². The van der Waals surface area contributed by atoms with Gasteiger partial charge in [-0.3, -0.25) is 0 Å². The average molecular weight is 234 g/mol. The number of nitriles is 1. The number of nitrogens with one attached hydrogen (secondary N) is 1. The molecule has 1 N–H and O–H groups in total. The molecule has 3 atom stereocenters. The van der Waals surface area contributed by atoms with E-state index < -0.39 is 12.1 Å². The summed E-state index contributed by atoms with van der Waals surface area (Å²) in [6.07, 6.45) is -0.233. The Morgan fingerprint density at radius 3 is 2.50 bits per heavy atom. The molecule has 1 fully saturated rings. The van der Waals surface area contributed by atoms with E-state index >= 15 is 0 Å². The molecule has 0 bridgehead atoms. The normalized spacial score (nSPS) is 28.4. The van der Waals surface area contributed by atoms with Crippen molar-refractivity contribution in [3.05, 3.63) is 0 Å². The van der Waals surface area contributed by atoms with Gasteiger partial charge in [0, 0.05) is 12.6 Å². The van der Waals surface area contributed by atoms with E-state index in [4.69, 9.17) is 5.26 Å². The van der Waals surface area contributed by atoms with Gasteiger partial charge in [-0.1, -0.05) is 19.8 Å². The van der Waals surface area contributed by atoms with E-state index in [-0.39, 0.29) is 12.6 Å². The van der Waals surface area contributed by atoms with Crippen LogP contribution in [0, 0.1) is 23.2 Å². The van der Waals surface area contributed by atoms with Crippen molar-refractivity contribution in [1.82, 2.24) is 5.32 Å². The Morgan fingerprint density at radius 1 is 1.38 bits per heavy atom. The first kappa shape index (κ1) is 13.3. The summed E-state index contributed by atoms with van der Waals surface area (Å²) >= 11 is 0. The molecule has 1 aliphatic rings. The Hall–Kier alpha value is -0.760. The summed E-state index contributed by atoms with van der Waals surface area (Å²) in [7, 11) is 0. The maximum atomic E-state index is 12.3. The van der Waals surface area contributed by atoms with E-state index in [9.17, 15) is 13.2 Å². The molecule has 1 aliphatic carbocycles. The zero-order valence-corrected chi connectivity index (χ0v) is 9.35. The summed E-state index contributed by atoms with van der Waals surface area (Å²) in [4.78, 5) is 0. The number of hydrogen-bond acceptors (Lipinski definition) is 2. The van der Waals surface area contributed by atoms with Crippen LogP contribution in [-0.4, -0.2) is 18.8 Å². The first-order chi connectivity index (χ1) is 7.45. The minimum absolute atomic E-state index is 0.131. The number of halogens is 3.